The highest BCUT2D eigenvalue weighted by atomic mass is 16.7. The third-order valence-corrected chi connectivity index (χ3v) is 13.5. The van der Waals surface area contributed by atoms with Crippen molar-refractivity contribution in [1.29, 1.82) is 0 Å². The van der Waals surface area contributed by atoms with E-state index in [9.17, 15) is 45.3 Å². The molecule has 15 heteroatoms. The standard InChI is InChI=1S/C54H100O15/c1-3-5-7-9-11-13-15-17-18-19-20-21-22-23-24-25-27-28-30-32-34-36-45(56)64-39-42(67-46(57)37-35-33-31-29-26-16-14-12-10-8-6-4-2)40-65-53-52(63)50(61)48(59)44(69-53)41-66-54-51(62)49(60)47(58)43(38-55)68-54/h12,14,42-44,47-55,58-63H,3-11,13,15-41H2,1-2H3/b14-12-. The summed E-state index contributed by atoms with van der Waals surface area (Å²) in [4.78, 5) is 25.8. The summed E-state index contributed by atoms with van der Waals surface area (Å²) in [5.74, 6) is -0.923. The quantitative estimate of drug-likeness (QED) is 0.0172. The Labute approximate surface area is 416 Å². The number of ether oxygens (including phenoxy) is 6. The Morgan fingerprint density at radius 2 is 0.826 bits per heavy atom. The highest BCUT2D eigenvalue weighted by Gasteiger charge is 2.47. The van der Waals surface area contributed by atoms with Crippen molar-refractivity contribution in [2.24, 2.45) is 0 Å². The SMILES string of the molecule is CCCCC/C=C\CCCCCCCC(=O)OC(COC(=O)CCCCCCCCCCCCCCCCCCCCCCC)COC1OC(COC2OC(CO)C(O)C(O)C2O)C(O)C(O)C1O. The number of unbranched alkanes of at least 4 members (excludes halogenated alkanes) is 28. The van der Waals surface area contributed by atoms with Gasteiger partial charge in [-0.25, -0.2) is 0 Å². The van der Waals surface area contributed by atoms with Gasteiger partial charge in [0.25, 0.3) is 0 Å². The number of carbonyl (C=O) groups is 2. The van der Waals surface area contributed by atoms with Gasteiger partial charge in [0.2, 0.25) is 0 Å². The molecule has 2 aliphatic rings. The van der Waals surface area contributed by atoms with Crippen LogP contribution in [-0.4, -0.2) is 142 Å². The van der Waals surface area contributed by atoms with E-state index in [0.717, 1.165) is 57.8 Å². The van der Waals surface area contributed by atoms with Gasteiger partial charge in [-0.05, 0) is 38.5 Å². The van der Waals surface area contributed by atoms with Gasteiger partial charge in [0.05, 0.1) is 19.8 Å². The molecule has 69 heavy (non-hydrogen) atoms. The van der Waals surface area contributed by atoms with Gasteiger partial charge in [-0.3, -0.25) is 9.59 Å². The number of hydrogen-bond donors (Lipinski definition) is 7. The minimum atomic E-state index is -1.76. The summed E-state index contributed by atoms with van der Waals surface area (Å²) in [5, 5.41) is 72.1. The lowest BCUT2D eigenvalue weighted by Crippen LogP contribution is -2.61. The molecule has 0 radical (unpaired) electrons. The second-order valence-corrected chi connectivity index (χ2v) is 19.8. The molecule has 0 amide bonds. The third-order valence-electron chi connectivity index (χ3n) is 13.5. The monoisotopic (exact) mass is 989 g/mol. The summed E-state index contributed by atoms with van der Waals surface area (Å²) in [6, 6.07) is 0. The average Bonchev–Trinajstić information content (AvgIpc) is 3.34. The molecular formula is C54H100O15. The smallest absolute Gasteiger partial charge is 0.306 e. The molecule has 2 heterocycles. The lowest BCUT2D eigenvalue weighted by Gasteiger charge is -2.42. The molecule has 0 bridgehead atoms. The van der Waals surface area contributed by atoms with Gasteiger partial charge in [-0.2, -0.15) is 0 Å². The molecule has 2 aliphatic heterocycles. The molecule has 0 aliphatic carbocycles. The minimum Gasteiger partial charge on any atom is -0.462 e. The molecule has 0 saturated carbocycles. The van der Waals surface area contributed by atoms with Crippen LogP contribution in [0, 0.1) is 0 Å². The van der Waals surface area contributed by atoms with Crippen LogP contribution in [0.1, 0.15) is 226 Å². The predicted molar refractivity (Wildman–Crippen MR) is 266 cm³/mol. The van der Waals surface area contributed by atoms with E-state index in [0.29, 0.717) is 12.8 Å². The Morgan fingerprint density at radius 1 is 0.449 bits per heavy atom. The number of rotatable bonds is 44. The normalized spacial score (nSPS) is 25.6. The largest absolute Gasteiger partial charge is 0.462 e. The van der Waals surface area contributed by atoms with E-state index < -0.39 is 92.7 Å². The van der Waals surface area contributed by atoms with Gasteiger partial charge in [0.15, 0.2) is 18.7 Å². The molecular weight excluding hydrogens is 889 g/mol. The van der Waals surface area contributed by atoms with Crippen molar-refractivity contribution in [3.63, 3.8) is 0 Å². The molecule has 2 rings (SSSR count). The Balaban J connectivity index is 1.73. The van der Waals surface area contributed by atoms with Crippen LogP contribution < -0.4 is 0 Å². The number of hydrogen-bond acceptors (Lipinski definition) is 15. The first-order chi connectivity index (χ1) is 33.5. The summed E-state index contributed by atoms with van der Waals surface area (Å²) < 4.78 is 33.6. The molecule has 15 nitrogen and oxygen atoms in total. The van der Waals surface area contributed by atoms with Crippen LogP contribution in [0.3, 0.4) is 0 Å². The van der Waals surface area contributed by atoms with E-state index in [1.54, 1.807) is 0 Å². The maximum atomic E-state index is 13.0. The topological polar surface area (TPSA) is 231 Å². The van der Waals surface area contributed by atoms with Crippen molar-refractivity contribution in [3.05, 3.63) is 12.2 Å². The van der Waals surface area contributed by atoms with Gasteiger partial charge in [0.1, 0.15) is 55.4 Å². The first-order valence-corrected chi connectivity index (χ1v) is 27.8. The number of aliphatic hydroxyl groups excluding tert-OH is 7. The highest BCUT2D eigenvalue weighted by Crippen LogP contribution is 2.27. The molecule has 2 fully saturated rings. The molecule has 0 aromatic carbocycles. The Morgan fingerprint density at radius 3 is 1.30 bits per heavy atom. The van der Waals surface area contributed by atoms with Crippen molar-refractivity contribution in [2.75, 3.05) is 26.4 Å². The van der Waals surface area contributed by atoms with Crippen LogP contribution in [0.2, 0.25) is 0 Å². The Kier molecular flexibility index (Phi) is 38.3. The molecule has 11 unspecified atom stereocenters. The zero-order chi connectivity index (χ0) is 50.3. The second kappa shape index (κ2) is 41.7. The molecule has 0 aromatic rings. The number of allylic oxidation sites excluding steroid dienone is 2. The number of carbonyl (C=O) groups excluding carboxylic acids is 2. The van der Waals surface area contributed by atoms with E-state index in [-0.39, 0.29) is 26.1 Å². The van der Waals surface area contributed by atoms with Gasteiger partial charge >= 0.3 is 11.9 Å². The fourth-order valence-corrected chi connectivity index (χ4v) is 8.92. The highest BCUT2D eigenvalue weighted by molar-refractivity contribution is 5.70. The minimum absolute atomic E-state index is 0.159. The number of esters is 2. The average molecular weight is 989 g/mol. The maximum Gasteiger partial charge on any atom is 0.306 e. The van der Waals surface area contributed by atoms with Crippen molar-refractivity contribution < 1.29 is 73.8 Å². The predicted octanol–water partition coefficient (Wildman–Crippen LogP) is 8.55. The third kappa shape index (κ3) is 29.5. The maximum absolute atomic E-state index is 13.0. The lowest BCUT2D eigenvalue weighted by atomic mass is 9.98. The zero-order valence-corrected chi connectivity index (χ0v) is 43.1. The summed E-state index contributed by atoms with van der Waals surface area (Å²) in [6.07, 6.45) is 25.3. The molecule has 7 N–H and O–H groups in total. The Hall–Kier alpha value is -1.76. The summed E-state index contributed by atoms with van der Waals surface area (Å²) in [5.41, 5.74) is 0. The number of aliphatic hydroxyl groups is 7. The van der Waals surface area contributed by atoms with E-state index in [2.05, 4.69) is 26.0 Å². The van der Waals surface area contributed by atoms with E-state index in [1.807, 2.05) is 0 Å². The van der Waals surface area contributed by atoms with Crippen LogP contribution in [0.4, 0.5) is 0 Å². The van der Waals surface area contributed by atoms with Gasteiger partial charge < -0.3 is 64.2 Å². The molecule has 406 valence electrons. The van der Waals surface area contributed by atoms with E-state index >= 15 is 0 Å². The van der Waals surface area contributed by atoms with Crippen molar-refractivity contribution >= 4 is 11.9 Å². The van der Waals surface area contributed by atoms with Crippen LogP contribution in [0.5, 0.6) is 0 Å². The van der Waals surface area contributed by atoms with Crippen LogP contribution in [-0.2, 0) is 38.0 Å². The molecule has 2 saturated heterocycles. The van der Waals surface area contributed by atoms with Crippen molar-refractivity contribution in [3.8, 4) is 0 Å². The summed E-state index contributed by atoms with van der Waals surface area (Å²) in [6.45, 7) is 2.59. The molecule has 0 spiro atoms. The van der Waals surface area contributed by atoms with Crippen LogP contribution >= 0.6 is 0 Å². The Bertz CT molecular complexity index is 1250. The van der Waals surface area contributed by atoms with E-state index in [1.165, 1.54) is 128 Å². The zero-order valence-electron chi connectivity index (χ0n) is 43.1. The summed E-state index contributed by atoms with van der Waals surface area (Å²) in [7, 11) is 0. The van der Waals surface area contributed by atoms with Crippen molar-refractivity contribution in [1.82, 2.24) is 0 Å². The first-order valence-electron chi connectivity index (χ1n) is 27.8. The van der Waals surface area contributed by atoms with Gasteiger partial charge in [-0.15, -0.1) is 0 Å². The fraction of sp³-hybridized carbons (Fsp3) is 0.926. The van der Waals surface area contributed by atoms with Gasteiger partial charge in [-0.1, -0.05) is 187 Å². The van der Waals surface area contributed by atoms with Crippen LogP contribution in [0.25, 0.3) is 0 Å². The van der Waals surface area contributed by atoms with Gasteiger partial charge in [0, 0.05) is 12.8 Å². The fourth-order valence-electron chi connectivity index (χ4n) is 8.92. The van der Waals surface area contributed by atoms with E-state index in [4.69, 9.17) is 28.4 Å². The van der Waals surface area contributed by atoms with Crippen molar-refractivity contribution in [2.45, 2.75) is 293 Å². The van der Waals surface area contributed by atoms with Crippen LogP contribution in [0.15, 0.2) is 12.2 Å². The molecule has 0 aromatic heterocycles. The lowest BCUT2D eigenvalue weighted by molar-refractivity contribution is -0.332. The first kappa shape index (κ1) is 63.4. The molecule has 11 atom stereocenters. The summed E-state index contributed by atoms with van der Waals surface area (Å²) >= 11 is 0. The second-order valence-electron chi connectivity index (χ2n) is 19.8.